The average molecular weight is 400 g/mol. The monoisotopic (exact) mass is 399 g/mol. The van der Waals surface area contributed by atoms with Gasteiger partial charge in [-0.05, 0) is 63.1 Å². The zero-order chi connectivity index (χ0) is 12.5. The number of hydrogen-bond donors (Lipinski definition) is 3. The van der Waals surface area contributed by atoms with Crippen LogP contribution >= 0.6 is 38.5 Å². The van der Waals surface area contributed by atoms with Gasteiger partial charge >= 0.3 is 5.97 Å². The molecule has 4 N–H and O–H groups in total. The molecule has 0 spiro atoms. The largest absolute Gasteiger partial charge is 0.506 e. The maximum absolute atomic E-state index is 10.9. The molecule has 1 atom stereocenters. The summed E-state index contributed by atoms with van der Waals surface area (Å²) < 4.78 is 1.19. The van der Waals surface area contributed by atoms with E-state index < -0.39 is 11.5 Å². The molecule has 0 aliphatic rings. The van der Waals surface area contributed by atoms with Gasteiger partial charge in [0.25, 0.3) is 0 Å². The second-order valence-corrected chi connectivity index (χ2v) is 5.82. The Kier molecular flexibility index (Phi) is 4.19. The Morgan fingerprint density at radius 2 is 2.19 bits per heavy atom. The number of rotatable bonds is 3. The minimum atomic E-state index is -1.31. The SMILES string of the molecule is CC(N)(Cc1cc(Br)c(O)c(I)c1)C(=O)O. The highest BCUT2D eigenvalue weighted by Crippen LogP contribution is 2.31. The van der Waals surface area contributed by atoms with Crippen LogP contribution in [0.1, 0.15) is 12.5 Å². The molecule has 6 heteroatoms. The lowest BCUT2D eigenvalue weighted by Gasteiger charge is -2.19. The summed E-state index contributed by atoms with van der Waals surface area (Å²) in [5.74, 6) is -0.898. The lowest BCUT2D eigenvalue weighted by atomic mass is 9.94. The lowest BCUT2D eigenvalue weighted by molar-refractivity contribution is -0.142. The van der Waals surface area contributed by atoms with Crippen LogP contribution in [0.15, 0.2) is 16.6 Å². The average Bonchev–Trinajstić information content (AvgIpc) is 2.13. The van der Waals surface area contributed by atoms with Crippen LogP contribution in [0.3, 0.4) is 0 Å². The molecule has 88 valence electrons. The van der Waals surface area contributed by atoms with Crippen LogP contribution in [-0.2, 0) is 11.2 Å². The molecule has 0 saturated heterocycles. The molecule has 1 rings (SSSR count). The van der Waals surface area contributed by atoms with Crippen LogP contribution in [0.5, 0.6) is 5.75 Å². The van der Waals surface area contributed by atoms with Gasteiger partial charge in [-0.2, -0.15) is 0 Å². The van der Waals surface area contributed by atoms with Gasteiger partial charge in [0, 0.05) is 6.42 Å². The third-order valence-electron chi connectivity index (χ3n) is 2.14. The van der Waals surface area contributed by atoms with Crippen molar-refractivity contribution in [2.75, 3.05) is 0 Å². The van der Waals surface area contributed by atoms with E-state index >= 15 is 0 Å². The van der Waals surface area contributed by atoms with E-state index in [4.69, 9.17) is 10.8 Å². The van der Waals surface area contributed by atoms with E-state index in [0.717, 1.165) is 5.56 Å². The number of hydrogen-bond acceptors (Lipinski definition) is 3. The number of carbonyl (C=O) groups is 1. The van der Waals surface area contributed by atoms with Gasteiger partial charge in [-0.25, -0.2) is 0 Å². The highest BCUT2D eigenvalue weighted by Gasteiger charge is 2.28. The zero-order valence-corrected chi connectivity index (χ0v) is 12.2. The van der Waals surface area contributed by atoms with Gasteiger partial charge < -0.3 is 15.9 Å². The highest BCUT2D eigenvalue weighted by atomic mass is 127. The van der Waals surface area contributed by atoms with E-state index in [0.29, 0.717) is 8.04 Å². The maximum Gasteiger partial charge on any atom is 0.323 e. The molecule has 16 heavy (non-hydrogen) atoms. The minimum absolute atomic E-state index is 0.151. The number of carboxylic acid groups (broad SMARTS) is 1. The number of nitrogens with two attached hydrogens (primary N) is 1. The van der Waals surface area contributed by atoms with Crippen molar-refractivity contribution < 1.29 is 15.0 Å². The summed E-state index contributed by atoms with van der Waals surface area (Å²) in [7, 11) is 0. The number of phenols is 1. The fourth-order valence-electron chi connectivity index (χ4n) is 1.22. The molecule has 0 aliphatic carbocycles. The molecule has 0 saturated carbocycles. The van der Waals surface area contributed by atoms with Crippen molar-refractivity contribution in [1.82, 2.24) is 0 Å². The smallest absolute Gasteiger partial charge is 0.323 e. The summed E-state index contributed by atoms with van der Waals surface area (Å²) in [5, 5.41) is 18.4. The highest BCUT2D eigenvalue weighted by molar-refractivity contribution is 14.1. The molecule has 0 aromatic heterocycles. The Morgan fingerprint density at radius 1 is 1.62 bits per heavy atom. The molecule has 1 unspecified atom stereocenters. The summed E-state index contributed by atoms with van der Waals surface area (Å²) in [4.78, 5) is 10.9. The van der Waals surface area contributed by atoms with Crippen molar-refractivity contribution in [2.24, 2.45) is 5.73 Å². The first kappa shape index (κ1) is 13.7. The first-order chi connectivity index (χ1) is 7.24. The van der Waals surface area contributed by atoms with Crippen LogP contribution in [-0.4, -0.2) is 21.7 Å². The summed E-state index contributed by atoms with van der Waals surface area (Å²) in [6.45, 7) is 1.46. The van der Waals surface area contributed by atoms with Gasteiger partial charge in [-0.3, -0.25) is 4.79 Å². The van der Waals surface area contributed by atoms with Gasteiger partial charge in [-0.15, -0.1) is 0 Å². The summed E-state index contributed by atoms with van der Waals surface area (Å²) in [6.07, 6.45) is 0.206. The van der Waals surface area contributed by atoms with E-state index in [9.17, 15) is 9.90 Å². The third-order valence-corrected chi connectivity index (χ3v) is 3.56. The van der Waals surface area contributed by atoms with Crippen LogP contribution in [0.25, 0.3) is 0 Å². The van der Waals surface area contributed by atoms with E-state index in [-0.39, 0.29) is 12.2 Å². The second-order valence-electron chi connectivity index (χ2n) is 3.81. The maximum atomic E-state index is 10.9. The van der Waals surface area contributed by atoms with Crippen LogP contribution in [0.4, 0.5) is 0 Å². The number of halogens is 2. The van der Waals surface area contributed by atoms with E-state index in [1.165, 1.54) is 6.92 Å². The Hall–Kier alpha value is -0.340. The molecule has 0 fully saturated rings. The first-order valence-electron chi connectivity index (χ1n) is 4.43. The first-order valence-corrected chi connectivity index (χ1v) is 6.30. The molecule has 0 amide bonds. The van der Waals surface area contributed by atoms with Gasteiger partial charge in [0.2, 0.25) is 0 Å². The predicted octanol–water partition coefficient (Wildman–Crippen LogP) is 2.10. The number of benzene rings is 1. The molecule has 0 heterocycles. The number of phenolic OH excluding ortho intramolecular Hbond substituents is 1. The zero-order valence-electron chi connectivity index (χ0n) is 8.50. The normalized spacial score (nSPS) is 14.5. The summed E-state index contributed by atoms with van der Waals surface area (Å²) in [5.41, 5.74) is 5.11. The minimum Gasteiger partial charge on any atom is -0.506 e. The van der Waals surface area contributed by atoms with Crippen LogP contribution in [0, 0.1) is 3.57 Å². The Morgan fingerprint density at radius 3 is 2.62 bits per heavy atom. The van der Waals surface area contributed by atoms with Crippen molar-refractivity contribution >= 4 is 44.5 Å². The molecule has 0 radical (unpaired) electrons. The van der Waals surface area contributed by atoms with Crippen molar-refractivity contribution in [1.29, 1.82) is 0 Å². The quantitative estimate of drug-likeness (QED) is 0.679. The topological polar surface area (TPSA) is 83.5 Å². The van der Waals surface area contributed by atoms with E-state index in [2.05, 4.69) is 15.9 Å². The predicted molar refractivity (Wildman–Crippen MR) is 72.5 cm³/mol. The van der Waals surface area contributed by atoms with Crippen molar-refractivity contribution in [3.05, 3.63) is 25.7 Å². The fraction of sp³-hybridized carbons (Fsp3) is 0.300. The Labute approximate surface area is 115 Å². The Balaban J connectivity index is 3.04. The van der Waals surface area contributed by atoms with E-state index in [1.807, 2.05) is 22.6 Å². The molecule has 4 nitrogen and oxygen atoms in total. The second kappa shape index (κ2) is 4.89. The molecule has 0 bridgehead atoms. The number of aromatic hydroxyl groups is 1. The van der Waals surface area contributed by atoms with Crippen molar-refractivity contribution in [2.45, 2.75) is 18.9 Å². The van der Waals surface area contributed by atoms with E-state index in [1.54, 1.807) is 12.1 Å². The van der Waals surface area contributed by atoms with Gasteiger partial charge in [-0.1, -0.05) is 0 Å². The molecule has 1 aromatic carbocycles. The summed E-state index contributed by atoms with van der Waals surface area (Å²) in [6, 6.07) is 3.39. The van der Waals surface area contributed by atoms with Gasteiger partial charge in [0.15, 0.2) is 0 Å². The molecular weight excluding hydrogens is 389 g/mol. The lowest BCUT2D eigenvalue weighted by Crippen LogP contribution is -2.46. The summed E-state index contributed by atoms with van der Waals surface area (Å²) >= 11 is 5.17. The molecular formula is C10H11BrINO3. The van der Waals surface area contributed by atoms with Gasteiger partial charge in [0.05, 0.1) is 8.04 Å². The fourth-order valence-corrected chi connectivity index (χ4v) is 2.79. The van der Waals surface area contributed by atoms with Gasteiger partial charge in [0.1, 0.15) is 11.3 Å². The number of carboxylic acids is 1. The standard InChI is InChI=1S/C10H11BrINO3/c1-10(13,9(15)16)4-5-2-6(11)8(14)7(12)3-5/h2-3,14H,4,13H2,1H3,(H,15,16). The van der Waals surface area contributed by atoms with Crippen LogP contribution in [0.2, 0.25) is 0 Å². The molecule has 1 aromatic rings. The third kappa shape index (κ3) is 3.08. The Bertz CT molecular complexity index is 411. The van der Waals surface area contributed by atoms with Crippen molar-refractivity contribution in [3.8, 4) is 5.75 Å². The van der Waals surface area contributed by atoms with Crippen molar-refractivity contribution in [3.63, 3.8) is 0 Å². The number of aliphatic carboxylic acids is 1. The molecule has 0 aliphatic heterocycles. The van der Waals surface area contributed by atoms with Crippen LogP contribution < -0.4 is 5.73 Å².